The minimum atomic E-state index is 0. The van der Waals surface area contributed by atoms with Gasteiger partial charge in [-0.2, -0.15) is 0 Å². The molecule has 23 heavy (non-hydrogen) atoms. The van der Waals surface area contributed by atoms with Gasteiger partial charge in [-0.25, -0.2) is 9.97 Å². The summed E-state index contributed by atoms with van der Waals surface area (Å²) in [6.45, 7) is 4.19. The van der Waals surface area contributed by atoms with E-state index in [1.165, 1.54) is 0 Å². The Labute approximate surface area is 142 Å². The van der Waals surface area contributed by atoms with Gasteiger partial charge in [-0.15, -0.1) is 12.4 Å². The number of benzene rings is 2. The third-order valence-electron chi connectivity index (χ3n) is 3.73. The zero-order valence-corrected chi connectivity index (χ0v) is 14.2. The van der Waals surface area contributed by atoms with Gasteiger partial charge >= 0.3 is 0 Å². The summed E-state index contributed by atoms with van der Waals surface area (Å²) in [7, 11) is 1.68. The summed E-state index contributed by atoms with van der Waals surface area (Å²) >= 11 is 0. The van der Waals surface area contributed by atoms with Crippen molar-refractivity contribution in [3.63, 3.8) is 0 Å². The van der Waals surface area contributed by atoms with Crippen molar-refractivity contribution >= 4 is 29.1 Å². The number of halogens is 1. The standard InChI is InChI=1S/C18H19N3O.ClH/c1-11(2)15-10-16(21-18(19)20-15)13-8-9-17(22-3)14-7-5-4-6-12(13)14;/h4-11H,1-3H3,(H2,19,20,21);1H. The predicted molar refractivity (Wildman–Crippen MR) is 97.3 cm³/mol. The van der Waals surface area contributed by atoms with Crippen molar-refractivity contribution in [3.8, 4) is 17.0 Å². The molecule has 0 bridgehead atoms. The van der Waals surface area contributed by atoms with Gasteiger partial charge in [0.05, 0.1) is 12.8 Å². The number of hydrogen-bond acceptors (Lipinski definition) is 4. The van der Waals surface area contributed by atoms with Gasteiger partial charge in [-0.1, -0.05) is 38.1 Å². The molecule has 3 aromatic rings. The Balaban J connectivity index is 0.00000192. The number of nitrogens with two attached hydrogens (primary N) is 1. The monoisotopic (exact) mass is 329 g/mol. The van der Waals surface area contributed by atoms with Crippen molar-refractivity contribution in [2.24, 2.45) is 0 Å². The summed E-state index contributed by atoms with van der Waals surface area (Å²) in [6, 6.07) is 14.1. The number of anilines is 1. The first-order valence-corrected chi connectivity index (χ1v) is 7.30. The zero-order valence-electron chi connectivity index (χ0n) is 13.4. The van der Waals surface area contributed by atoms with Crippen molar-refractivity contribution < 1.29 is 4.74 Å². The Morgan fingerprint density at radius 1 is 1.00 bits per heavy atom. The highest BCUT2D eigenvalue weighted by Gasteiger charge is 2.12. The summed E-state index contributed by atoms with van der Waals surface area (Å²) in [5, 5.41) is 2.15. The van der Waals surface area contributed by atoms with Crippen LogP contribution in [0.3, 0.4) is 0 Å². The molecule has 5 heteroatoms. The van der Waals surface area contributed by atoms with Crippen LogP contribution < -0.4 is 10.5 Å². The number of hydrogen-bond donors (Lipinski definition) is 1. The first-order chi connectivity index (χ1) is 10.6. The number of rotatable bonds is 3. The molecule has 0 aliphatic carbocycles. The molecule has 2 N–H and O–H groups in total. The van der Waals surface area contributed by atoms with Crippen LogP contribution in [-0.4, -0.2) is 17.1 Å². The van der Waals surface area contributed by atoms with E-state index in [1.807, 2.05) is 36.4 Å². The Kier molecular flexibility index (Phi) is 5.06. The molecule has 0 saturated carbocycles. The summed E-state index contributed by atoms with van der Waals surface area (Å²) < 4.78 is 5.45. The lowest BCUT2D eigenvalue weighted by atomic mass is 9.99. The molecule has 0 aliphatic rings. The number of ether oxygens (including phenoxy) is 1. The van der Waals surface area contributed by atoms with E-state index in [1.54, 1.807) is 7.11 Å². The summed E-state index contributed by atoms with van der Waals surface area (Å²) in [4.78, 5) is 8.73. The third-order valence-corrected chi connectivity index (χ3v) is 3.73. The molecular weight excluding hydrogens is 310 g/mol. The number of nitrogen functional groups attached to an aromatic ring is 1. The highest BCUT2D eigenvalue weighted by molar-refractivity contribution is 5.99. The average Bonchev–Trinajstić information content (AvgIpc) is 2.53. The van der Waals surface area contributed by atoms with Gasteiger partial charge in [0.1, 0.15) is 5.75 Å². The molecule has 2 aromatic carbocycles. The molecule has 120 valence electrons. The summed E-state index contributed by atoms with van der Waals surface area (Å²) in [6.07, 6.45) is 0. The molecule has 0 spiro atoms. The molecule has 0 amide bonds. The van der Waals surface area contributed by atoms with Gasteiger partial charge in [0.15, 0.2) is 0 Å². The van der Waals surface area contributed by atoms with Crippen LogP contribution in [0.5, 0.6) is 5.75 Å². The smallest absolute Gasteiger partial charge is 0.220 e. The molecule has 4 nitrogen and oxygen atoms in total. The highest BCUT2D eigenvalue weighted by Crippen LogP contribution is 2.34. The molecule has 0 atom stereocenters. The SMILES string of the molecule is COc1ccc(-c2cc(C(C)C)nc(N)n2)c2ccccc12.Cl. The predicted octanol–water partition coefficient (Wildman–Crippen LogP) is 4.43. The lowest BCUT2D eigenvalue weighted by molar-refractivity contribution is 0.420. The van der Waals surface area contributed by atoms with Crippen molar-refractivity contribution in [2.45, 2.75) is 19.8 Å². The van der Waals surface area contributed by atoms with Crippen molar-refractivity contribution in [1.82, 2.24) is 9.97 Å². The Hall–Kier alpha value is -2.33. The largest absolute Gasteiger partial charge is 0.496 e. The van der Waals surface area contributed by atoms with Gasteiger partial charge in [0.25, 0.3) is 0 Å². The Morgan fingerprint density at radius 2 is 1.70 bits per heavy atom. The Morgan fingerprint density at radius 3 is 2.35 bits per heavy atom. The van der Waals surface area contributed by atoms with Crippen molar-refractivity contribution in [2.75, 3.05) is 12.8 Å². The van der Waals surface area contributed by atoms with Crippen LogP contribution in [0, 0.1) is 0 Å². The second kappa shape index (κ2) is 6.84. The average molecular weight is 330 g/mol. The van der Waals surface area contributed by atoms with Gasteiger partial charge in [-0.3, -0.25) is 0 Å². The van der Waals surface area contributed by atoms with Crippen LogP contribution in [0.25, 0.3) is 22.0 Å². The van der Waals surface area contributed by atoms with Gasteiger partial charge in [0.2, 0.25) is 5.95 Å². The maximum absolute atomic E-state index is 5.89. The second-order valence-electron chi connectivity index (χ2n) is 5.55. The lowest BCUT2D eigenvalue weighted by Crippen LogP contribution is -2.02. The van der Waals surface area contributed by atoms with Gasteiger partial charge in [0, 0.05) is 16.6 Å². The summed E-state index contributed by atoms with van der Waals surface area (Å²) in [5.74, 6) is 1.46. The molecule has 0 aliphatic heterocycles. The first kappa shape index (κ1) is 17.0. The van der Waals surface area contributed by atoms with Crippen LogP contribution in [0.4, 0.5) is 5.95 Å². The highest BCUT2D eigenvalue weighted by atomic mass is 35.5. The lowest BCUT2D eigenvalue weighted by Gasteiger charge is -2.12. The van der Waals surface area contributed by atoms with Crippen molar-refractivity contribution in [3.05, 3.63) is 48.2 Å². The molecule has 3 rings (SSSR count). The third kappa shape index (κ3) is 3.22. The van der Waals surface area contributed by atoms with Crippen molar-refractivity contribution in [1.29, 1.82) is 0 Å². The van der Waals surface area contributed by atoms with Crippen LogP contribution in [0.15, 0.2) is 42.5 Å². The molecule has 0 unspecified atom stereocenters. The fourth-order valence-electron chi connectivity index (χ4n) is 2.59. The van der Waals surface area contributed by atoms with Crippen LogP contribution in [-0.2, 0) is 0 Å². The minimum absolute atomic E-state index is 0. The molecule has 0 radical (unpaired) electrons. The molecule has 1 heterocycles. The maximum Gasteiger partial charge on any atom is 0.220 e. The fourth-order valence-corrected chi connectivity index (χ4v) is 2.59. The first-order valence-electron chi connectivity index (χ1n) is 7.30. The molecule has 0 fully saturated rings. The Bertz CT molecular complexity index is 834. The fraction of sp³-hybridized carbons (Fsp3) is 0.222. The van der Waals surface area contributed by atoms with E-state index in [4.69, 9.17) is 10.5 Å². The van der Waals surface area contributed by atoms with Crippen LogP contribution >= 0.6 is 12.4 Å². The number of aromatic nitrogens is 2. The molecule has 0 saturated heterocycles. The van der Waals surface area contributed by atoms with E-state index in [9.17, 15) is 0 Å². The van der Waals surface area contributed by atoms with E-state index >= 15 is 0 Å². The van der Waals surface area contributed by atoms with Crippen LogP contribution in [0.2, 0.25) is 0 Å². The van der Waals surface area contributed by atoms with E-state index in [0.717, 1.165) is 33.5 Å². The topological polar surface area (TPSA) is 61.0 Å². The van der Waals surface area contributed by atoms with E-state index < -0.39 is 0 Å². The molecular formula is C18H20ClN3O. The van der Waals surface area contributed by atoms with Crippen LogP contribution in [0.1, 0.15) is 25.5 Å². The van der Waals surface area contributed by atoms with E-state index in [0.29, 0.717) is 11.9 Å². The van der Waals surface area contributed by atoms with E-state index in [2.05, 4.69) is 29.9 Å². The second-order valence-corrected chi connectivity index (χ2v) is 5.55. The maximum atomic E-state index is 5.89. The summed E-state index contributed by atoms with van der Waals surface area (Å²) in [5.41, 5.74) is 8.71. The quantitative estimate of drug-likeness (QED) is 0.772. The number of methoxy groups -OCH3 is 1. The van der Waals surface area contributed by atoms with E-state index in [-0.39, 0.29) is 12.4 Å². The number of fused-ring (bicyclic) bond motifs is 1. The normalized spacial score (nSPS) is 10.6. The zero-order chi connectivity index (χ0) is 15.7. The number of nitrogens with zero attached hydrogens (tertiary/aromatic N) is 2. The van der Waals surface area contributed by atoms with Gasteiger partial charge < -0.3 is 10.5 Å². The molecule has 1 aromatic heterocycles. The van der Waals surface area contributed by atoms with Gasteiger partial charge in [-0.05, 0) is 29.5 Å². The minimum Gasteiger partial charge on any atom is -0.496 e.